The molecule has 0 atom stereocenters. The fourth-order valence-electron chi connectivity index (χ4n) is 1.51. The molecular weight excluding hydrogens is 278 g/mol. The van der Waals surface area contributed by atoms with Crippen molar-refractivity contribution in [3.8, 4) is 5.95 Å². The van der Waals surface area contributed by atoms with E-state index in [9.17, 15) is 0 Å². The molecule has 0 spiro atoms. The van der Waals surface area contributed by atoms with E-state index in [1.165, 1.54) is 11.8 Å². The Bertz CT molecular complexity index is 705. The van der Waals surface area contributed by atoms with Crippen molar-refractivity contribution >= 4 is 17.7 Å². The predicted molar refractivity (Wildman–Crippen MR) is 72.1 cm³/mol. The van der Waals surface area contributed by atoms with Gasteiger partial charge < -0.3 is 0 Å². The molecule has 0 bridgehead atoms. The van der Waals surface area contributed by atoms with E-state index in [4.69, 9.17) is 5.84 Å². The van der Waals surface area contributed by atoms with Gasteiger partial charge in [0.25, 0.3) is 0 Å². The highest BCUT2D eigenvalue weighted by atomic mass is 32.2. The minimum absolute atomic E-state index is 0.287. The maximum atomic E-state index is 5.39. The van der Waals surface area contributed by atoms with E-state index in [-0.39, 0.29) is 5.95 Å². The van der Waals surface area contributed by atoms with Gasteiger partial charge in [0.05, 0.1) is 11.1 Å². The summed E-state index contributed by atoms with van der Waals surface area (Å²) in [7, 11) is 1.85. The summed E-state index contributed by atoms with van der Waals surface area (Å²) < 4.78 is 3.39. The normalized spacial score (nSPS) is 10.7. The Kier molecular flexibility index (Phi) is 3.31. The van der Waals surface area contributed by atoms with Crippen LogP contribution in [0.1, 0.15) is 0 Å². The Morgan fingerprint density at radius 2 is 2.20 bits per heavy atom. The van der Waals surface area contributed by atoms with Crippen LogP contribution in [0.15, 0.2) is 41.2 Å². The molecule has 0 saturated carbocycles. The summed E-state index contributed by atoms with van der Waals surface area (Å²) in [5.41, 5.74) is 2.43. The Hall–Kier alpha value is -2.46. The first-order chi connectivity index (χ1) is 9.74. The van der Waals surface area contributed by atoms with Gasteiger partial charge >= 0.3 is 0 Å². The summed E-state index contributed by atoms with van der Waals surface area (Å²) in [5.74, 6) is 6.11. The number of aromatic nitrogens is 7. The van der Waals surface area contributed by atoms with Gasteiger partial charge in [0, 0.05) is 25.6 Å². The van der Waals surface area contributed by atoms with Crippen LogP contribution in [0.3, 0.4) is 0 Å². The molecule has 0 unspecified atom stereocenters. The molecule has 9 nitrogen and oxygen atoms in total. The second-order valence-electron chi connectivity index (χ2n) is 3.81. The van der Waals surface area contributed by atoms with Gasteiger partial charge in [-0.25, -0.2) is 10.8 Å². The lowest BCUT2D eigenvalue weighted by molar-refractivity contribution is 0.766. The minimum Gasteiger partial charge on any atom is -0.292 e. The van der Waals surface area contributed by atoms with E-state index in [2.05, 4.69) is 30.5 Å². The van der Waals surface area contributed by atoms with Crippen LogP contribution in [0.2, 0.25) is 0 Å². The molecule has 0 amide bonds. The van der Waals surface area contributed by atoms with Crippen molar-refractivity contribution in [3.05, 3.63) is 31.1 Å². The van der Waals surface area contributed by atoms with Crippen molar-refractivity contribution < 1.29 is 0 Å². The van der Waals surface area contributed by atoms with E-state index >= 15 is 0 Å². The van der Waals surface area contributed by atoms with Crippen molar-refractivity contribution in [3.63, 3.8) is 0 Å². The fraction of sp³-hybridized carbons (Fsp3) is 0.100. The van der Waals surface area contributed by atoms with Crippen molar-refractivity contribution in [1.82, 2.24) is 34.3 Å². The van der Waals surface area contributed by atoms with Crippen molar-refractivity contribution in [2.24, 2.45) is 12.9 Å². The molecule has 0 fully saturated rings. The molecule has 3 rings (SSSR count). The third-order valence-corrected chi connectivity index (χ3v) is 3.17. The van der Waals surface area contributed by atoms with Gasteiger partial charge in [0.1, 0.15) is 6.33 Å². The highest BCUT2D eigenvalue weighted by Gasteiger charge is 2.09. The predicted octanol–water partition coefficient (Wildman–Crippen LogP) is 0.228. The number of anilines is 1. The first kappa shape index (κ1) is 12.6. The quantitative estimate of drug-likeness (QED) is 0.518. The lowest BCUT2D eigenvalue weighted by atomic mass is 10.7. The van der Waals surface area contributed by atoms with Crippen molar-refractivity contribution in [1.29, 1.82) is 0 Å². The highest BCUT2D eigenvalue weighted by molar-refractivity contribution is 7.99. The Morgan fingerprint density at radius 1 is 1.30 bits per heavy atom. The van der Waals surface area contributed by atoms with Gasteiger partial charge in [-0.15, -0.1) is 0 Å². The molecule has 10 heteroatoms. The molecule has 0 aliphatic rings. The number of rotatable bonds is 4. The molecule has 0 aliphatic heterocycles. The van der Waals surface area contributed by atoms with Gasteiger partial charge in [0.15, 0.2) is 5.16 Å². The van der Waals surface area contributed by atoms with Crippen molar-refractivity contribution in [2.75, 3.05) is 5.43 Å². The molecule has 0 radical (unpaired) electrons. The minimum atomic E-state index is 0.287. The molecule has 3 aromatic heterocycles. The van der Waals surface area contributed by atoms with Crippen LogP contribution in [-0.4, -0.2) is 34.3 Å². The van der Waals surface area contributed by atoms with Crippen LogP contribution < -0.4 is 11.3 Å². The zero-order valence-electron chi connectivity index (χ0n) is 10.5. The summed E-state index contributed by atoms with van der Waals surface area (Å²) >= 11 is 1.37. The van der Waals surface area contributed by atoms with Gasteiger partial charge in [-0.2, -0.15) is 20.1 Å². The monoisotopic (exact) mass is 289 g/mol. The number of nitrogens with two attached hydrogens (primary N) is 1. The largest absolute Gasteiger partial charge is 0.292 e. The average Bonchev–Trinajstić information content (AvgIpc) is 3.10. The zero-order chi connectivity index (χ0) is 13.9. The number of hydrogen-bond donors (Lipinski definition) is 2. The Morgan fingerprint density at radius 3 is 2.85 bits per heavy atom. The maximum absolute atomic E-state index is 5.39. The molecule has 0 aromatic carbocycles. The first-order valence-electron chi connectivity index (χ1n) is 5.62. The SMILES string of the molecule is Cn1cc(Sc2nc(NN)nc(-n3ccnc3)n2)cn1. The zero-order valence-corrected chi connectivity index (χ0v) is 11.3. The van der Waals surface area contributed by atoms with Gasteiger partial charge in [0.2, 0.25) is 11.9 Å². The third-order valence-electron chi connectivity index (χ3n) is 2.36. The van der Waals surface area contributed by atoms with Gasteiger partial charge in [-0.05, 0) is 11.8 Å². The lowest BCUT2D eigenvalue weighted by Crippen LogP contribution is -2.13. The molecule has 20 heavy (non-hydrogen) atoms. The smallest absolute Gasteiger partial charge is 0.242 e. The van der Waals surface area contributed by atoms with E-state index < -0.39 is 0 Å². The first-order valence-corrected chi connectivity index (χ1v) is 6.44. The van der Waals surface area contributed by atoms with Crippen LogP contribution >= 0.6 is 11.8 Å². The highest BCUT2D eigenvalue weighted by Crippen LogP contribution is 2.24. The van der Waals surface area contributed by atoms with Crippen LogP contribution in [0.4, 0.5) is 5.95 Å². The summed E-state index contributed by atoms with van der Waals surface area (Å²) in [6.07, 6.45) is 8.61. The summed E-state index contributed by atoms with van der Waals surface area (Å²) in [4.78, 5) is 17.6. The van der Waals surface area contributed by atoms with Gasteiger partial charge in [-0.3, -0.25) is 14.7 Å². The van der Waals surface area contributed by atoms with Gasteiger partial charge in [-0.1, -0.05) is 0 Å². The Balaban J connectivity index is 1.96. The summed E-state index contributed by atoms with van der Waals surface area (Å²) in [6.45, 7) is 0. The number of imidazole rings is 1. The summed E-state index contributed by atoms with van der Waals surface area (Å²) in [5, 5.41) is 4.62. The second kappa shape index (κ2) is 5.27. The number of hydrogen-bond acceptors (Lipinski definition) is 8. The molecule has 3 N–H and O–H groups in total. The van der Waals surface area contributed by atoms with Crippen molar-refractivity contribution in [2.45, 2.75) is 10.1 Å². The second-order valence-corrected chi connectivity index (χ2v) is 4.85. The molecular formula is C10H11N9S. The summed E-state index contributed by atoms with van der Waals surface area (Å²) in [6, 6.07) is 0. The van der Waals surface area contributed by atoms with E-state index in [0.29, 0.717) is 11.1 Å². The molecule has 3 aromatic rings. The standard InChI is InChI=1S/C10H11N9S/c1-18-5-7(4-13-18)20-10-15-8(17-11)14-9(16-10)19-3-2-12-6-19/h2-6H,11H2,1H3,(H,14,15,16,17). The number of hydrazine groups is 1. The van der Waals surface area contributed by atoms with E-state index in [1.54, 1.807) is 34.2 Å². The van der Waals surface area contributed by atoms with Crippen LogP contribution in [-0.2, 0) is 7.05 Å². The van der Waals surface area contributed by atoms with Crippen LogP contribution in [0.5, 0.6) is 0 Å². The van der Waals surface area contributed by atoms with Crippen LogP contribution in [0, 0.1) is 0 Å². The molecule has 0 aliphatic carbocycles. The fourth-order valence-corrected chi connectivity index (χ4v) is 2.28. The number of aryl methyl sites for hydroxylation is 1. The average molecular weight is 289 g/mol. The van der Waals surface area contributed by atoms with Crippen LogP contribution in [0.25, 0.3) is 5.95 Å². The molecule has 0 saturated heterocycles. The Labute approximate surface area is 118 Å². The molecule has 3 heterocycles. The lowest BCUT2D eigenvalue weighted by Gasteiger charge is -2.05. The van der Waals surface area contributed by atoms with E-state index in [1.807, 2.05) is 13.2 Å². The third kappa shape index (κ3) is 2.60. The number of nitrogens with zero attached hydrogens (tertiary/aromatic N) is 7. The topological polar surface area (TPSA) is 112 Å². The number of nitrogen functional groups attached to an aromatic ring is 1. The van der Waals surface area contributed by atoms with E-state index in [0.717, 1.165) is 4.90 Å². The number of nitrogens with one attached hydrogen (secondary N) is 1. The molecule has 102 valence electrons. The maximum Gasteiger partial charge on any atom is 0.242 e.